The molecule has 2 aromatic heterocycles. The van der Waals surface area contributed by atoms with Gasteiger partial charge in [0.2, 0.25) is 5.69 Å². The third-order valence-corrected chi connectivity index (χ3v) is 17.1. The molecule has 10 aromatic carbocycles. The molecule has 71 heavy (non-hydrogen) atoms. The Morgan fingerprint density at radius 1 is 0.394 bits per heavy atom. The number of benzene rings is 10. The number of rotatable bonds is 2. The molecule has 0 unspecified atom stereocenters. The van der Waals surface area contributed by atoms with E-state index in [0.717, 1.165) is 43.8 Å². The summed E-state index contributed by atoms with van der Waals surface area (Å²) in [5.74, 6) is 0. The molecule has 12 aromatic rings. The average molecular weight is 909 g/mol. The first-order valence-electron chi connectivity index (χ1n) is 24.6. The normalized spacial score (nSPS) is 15.2. The number of furan rings is 2. The first kappa shape index (κ1) is 40.2. The Hall–Kier alpha value is -8.70. The van der Waals surface area contributed by atoms with Gasteiger partial charge in [0.05, 0.1) is 12.1 Å². The molecule has 0 aliphatic heterocycles. The van der Waals surface area contributed by atoms with Crippen molar-refractivity contribution in [2.75, 3.05) is 0 Å². The van der Waals surface area contributed by atoms with Gasteiger partial charge in [-0.3, -0.25) is 0 Å². The fraction of sp³-hybridized carbons (Fsp3) is 0.134. The summed E-state index contributed by atoms with van der Waals surface area (Å²) in [5, 5.41) is 18.9. The predicted octanol–water partition coefficient (Wildman–Crippen LogP) is 18.5. The summed E-state index contributed by atoms with van der Waals surface area (Å²) in [5.41, 5.74) is 23.7. The maximum atomic E-state index is 10.0. The van der Waals surface area contributed by atoms with Crippen LogP contribution in [0, 0.1) is 17.9 Å². The van der Waals surface area contributed by atoms with Gasteiger partial charge < -0.3 is 8.83 Å². The smallest absolute Gasteiger partial charge is 0.229 e. The van der Waals surface area contributed by atoms with Crippen LogP contribution in [0.2, 0.25) is 0 Å². The quantitative estimate of drug-likeness (QED) is 0.162. The monoisotopic (exact) mass is 908 g/mol. The molecule has 0 atom stereocenters. The van der Waals surface area contributed by atoms with Crippen molar-refractivity contribution < 1.29 is 8.83 Å². The van der Waals surface area contributed by atoms with E-state index in [2.05, 4.69) is 174 Å². The van der Waals surface area contributed by atoms with E-state index in [4.69, 9.17) is 15.4 Å². The van der Waals surface area contributed by atoms with Gasteiger partial charge in [-0.15, -0.1) is 0 Å². The average Bonchev–Trinajstić information content (AvgIpc) is 4.14. The van der Waals surface area contributed by atoms with Crippen LogP contribution in [0.4, 0.5) is 5.69 Å². The van der Waals surface area contributed by atoms with Crippen molar-refractivity contribution >= 4 is 71.1 Å². The lowest BCUT2D eigenvalue weighted by Crippen LogP contribution is -2.17. The fourth-order valence-corrected chi connectivity index (χ4v) is 13.6. The Labute approximate surface area is 410 Å². The van der Waals surface area contributed by atoms with Gasteiger partial charge in [-0.05, 0) is 165 Å². The van der Waals surface area contributed by atoms with E-state index in [0.29, 0.717) is 22.4 Å². The molecular formula is C67H44N2O2. The van der Waals surface area contributed by atoms with Crippen LogP contribution in [-0.2, 0) is 16.2 Å². The second-order valence-corrected chi connectivity index (χ2v) is 21.7. The first-order valence-corrected chi connectivity index (χ1v) is 24.6. The van der Waals surface area contributed by atoms with Crippen LogP contribution >= 0.6 is 0 Å². The van der Waals surface area contributed by atoms with Crippen molar-refractivity contribution in [2.45, 2.75) is 57.8 Å². The number of hydrogen-bond donors (Lipinski definition) is 0. The first-order chi connectivity index (χ1) is 34.4. The lowest BCUT2D eigenvalue weighted by Gasteiger charge is -2.25. The summed E-state index contributed by atoms with van der Waals surface area (Å²) in [4.78, 5) is 3.81. The molecular weight excluding hydrogens is 865 g/mol. The van der Waals surface area contributed by atoms with Gasteiger partial charge in [0.1, 0.15) is 22.8 Å². The second kappa shape index (κ2) is 13.3. The molecule has 4 nitrogen and oxygen atoms in total. The van der Waals surface area contributed by atoms with Crippen molar-refractivity contribution in [3.63, 3.8) is 0 Å². The van der Waals surface area contributed by atoms with Gasteiger partial charge in [-0.1, -0.05) is 145 Å². The minimum Gasteiger partial charge on any atom is -0.467 e. The van der Waals surface area contributed by atoms with Gasteiger partial charge >= 0.3 is 0 Å². The summed E-state index contributed by atoms with van der Waals surface area (Å²) >= 11 is 0. The highest BCUT2D eigenvalue weighted by atomic mass is 16.3. The summed E-state index contributed by atoms with van der Waals surface area (Å²) in [6.45, 7) is 22.3. The highest BCUT2D eigenvalue weighted by Gasteiger charge is 2.46. The SMILES string of the molecule is [C-]#[N+]c1cccc2c1oc1cccc(-c3cc4c(c5ccccc35)-c3cc5c(cc3C4(C)C)-c3cc4c(cc3C5(C)C)-c3c(cc(-c5cccc6oc7c(C#N)cccc7c56)c5ccccc35)C4(C)C)c12. The molecule has 0 radical (unpaired) electrons. The zero-order valence-electron chi connectivity index (χ0n) is 40.2. The lowest BCUT2D eigenvalue weighted by atomic mass is 9.78. The van der Waals surface area contributed by atoms with Crippen molar-refractivity contribution in [3.05, 3.63) is 208 Å². The maximum absolute atomic E-state index is 10.0. The molecule has 15 rings (SSSR count). The van der Waals surface area contributed by atoms with Gasteiger partial charge in [-0.2, -0.15) is 5.26 Å². The molecule has 0 fully saturated rings. The summed E-state index contributed by atoms with van der Waals surface area (Å²) in [6, 6.07) is 59.6. The Balaban J connectivity index is 0.913. The summed E-state index contributed by atoms with van der Waals surface area (Å²) < 4.78 is 12.9. The Morgan fingerprint density at radius 3 is 1.30 bits per heavy atom. The zero-order valence-corrected chi connectivity index (χ0v) is 40.2. The van der Waals surface area contributed by atoms with Crippen LogP contribution in [0.25, 0.3) is 126 Å². The molecule has 4 heteroatoms. The molecule has 0 saturated carbocycles. The van der Waals surface area contributed by atoms with Gasteiger partial charge in [0.15, 0.2) is 5.58 Å². The molecule has 0 bridgehead atoms. The number of hydrogen-bond acceptors (Lipinski definition) is 3. The Kier molecular flexibility index (Phi) is 7.55. The topological polar surface area (TPSA) is 54.4 Å². The summed E-state index contributed by atoms with van der Waals surface area (Å²) in [7, 11) is 0. The van der Waals surface area contributed by atoms with Gasteiger partial charge in [-0.25, -0.2) is 4.85 Å². The number of nitriles is 1. The third-order valence-electron chi connectivity index (χ3n) is 17.1. The second-order valence-electron chi connectivity index (χ2n) is 21.7. The minimum atomic E-state index is -0.298. The van der Waals surface area contributed by atoms with Crippen LogP contribution in [0.5, 0.6) is 0 Å². The molecule has 0 spiro atoms. The molecule has 3 aliphatic rings. The molecule has 0 saturated heterocycles. The lowest BCUT2D eigenvalue weighted by molar-refractivity contribution is 0.649. The molecule has 0 amide bonds. The highest BCUT2D eigenvalue weighted by Crippen LogP contribution is 2.62. The number of nitrogens with zero attached hydrogens (tertiary/aromatic N) is 2. The largest absolute Gasteiger partial charge is 0.467 e. The number of fused-ring (bicyclic) bond motifs is 19. The van der Waals surface area contributed by atoms with E-state index in [1.165, 1.54) is 99.4 Å². The van der Waals surface area contributed by atoms with E-state index in [-0.39, 0.29) is 16.2 Å². The minimum absolute atomic E-state index is 0.261. The fourth-order valence-electron chi connectivity index (χ4n) is 13.6. The van der Waals surface area contributed by atoms with Crippen LogP contribution < -0.4 is 0 Å². The van der Waals surface area contributed by atoms with E-state index in [9.17, 15) is 5.26 Å². The molecule has 2 heterocycles. The van der Waals surface area contributed by atoms with Crippen molar-refractivity contribution in [3.8, 4) is 61.7 Å². The van der Waals surface area contributed by atoms with Crippen molar-refractivity contribution in [1.29, 1.82) is 5.26 Å². The standard InChI is InChI=1S/C67H44N2O2/c1-65(2)50-32-48-52(66(3,4)54-28-44(36-17-8-10-19-38(36)59(48)54)40-21-14-26-57-61(40)42-23-12-16-35(34-68)63(42)70-57)30-46(50)47-31-53-49(33-51(47)65)60-39-20-11-9-18-37(39)45(29-55(60)67(53,5)6)41-22-15-27-58-62(41)43-24-13-25-56(69-7)64(43)71-58/h8-33H,1-6H3. The molecule has 0 N–H and O–H groups in total. The van der Waals surface area contributed by atoms with E-state index in [1.807, 2.05) is 36.4 Å². The van der Waals surface area contributed by atoms with Gasteiger partial charge in [0.25, 0.3) is 0 Å². The maximum Gasteiger partial charge on any atom is 0.229 e. The summed E-state index contributed by atoms with van der Waals surface area (Å²) in [6.07, 6.45) is 0. The molecule has 3 aliphatic carbocycles. The van der Waals surface area contributed by atoms with Crippen molar-refractivity contribution in [2.24, 2.45) is 0 Å². The molecule has 334 valence electrons. The van der Waals surface area contributed by atoms with Crippen molar-refractivity contribution in [1.82, 2.24) is 0 Å². The van der Waals surface area contributed by atoms with E-state index < -0.39 is 0 Å². The van der Waals surface area contributed by atoms with Crippen LogP contribution in [-0.4, -0.2) is 0 Å². The van der Waals surface area contributed by atoms with Crippen LogP contribution in [0.1, 0.15) is 80.5 Å². The number of para-hydroxylation sites is 2. The highest BCUT2D eigenvalue weighted by molar-refractivity contribution is 6.21. The van der Waals surface area contributed by atoms with Gasteiger partial charge in [0, 0.05) is 37.8 Å². The zero-order chi connectivity index (χ0) is 48.0. The Bertz CT molecular complexity index is 4280. The third kappa shape index (κ3) is 4.92. The Morgan fingerprint density at radius 2 is 0.789 bits per heavy atom. The predicted molar refractivity (Wildman–Crippen MR) is 291 cm³/mol. The van der Waals surface area contributed by atoms with Crippen LogP contribution in [0.3, 0.4) is 0 Å². The van der Waals surface area contributed by atoms with E-state index in [1.54, 1.807) is 0 Å². The van der Waals surface area contributed by atoms with Crippen LogP contribution in [0.15, 0.2) is 167 Å². The van der Waals surface area contributed by atoms with E-state index >= 15 is 0 Å².